The van der Waals surface area contributed by atoms with E-state index in [1.165, 1.54) is 22.7 Å². The van der Waals surface area contributed by atoms with Gasteiger partial charge in [-0.1, -0.05) is 36.0 Å². The summed E-state index contributed by atoms with van der Waals surface area (Å²) in [6, 6.07) is 13.2. The molecule has 0 saturated heterocycles. The van der Waals surface area contributed by atoms with E-state index in [1.807, 2.05) is 0 Å². The van der Waals surface area contributed by atoms with E-state index in [1.54, 1.807) is 54.1 Å². The number of carbonyl (C=O) groups is 2. The monoisotopic (exact) mass is 382 g/mol. The number of nitrogens with zero attached hydrogens (tertiary/aromatic N) is 4. The van der Waals surface area contributed by atoms with Gasteiger partial charge in [0.1, 0.15) is 5.82 Å². The first-order valence-electron chi connectivity index (χ1n) is 8.30. The number of halogens is 1. The molecule has 8 heteroatoms. The Morgan fingerprint density at radius 2 is 1.52 bits per heavy atom. The molecule has 2 aromatic carbocycles. The molecule has 4 rings (SSSR count). The summed E-state index contributed by atoms with van der Waals surface area (Å²) in [4.78, 5) is 26.0. The minimum absolute atomic E-state index is 0.263. The van der Waals surface area contributed by atoms with Crippen LogP contribution in [0.15, 0.2) is 53.7 Å². The summed E-state index contributed by atoms with van der Waals surface area (Å²) in [5, 5.41) is 8.75. The third-order valence-corrected chi connectivity index (χ3v) is 5.37. The smallest absolute Gasteiger partial charge is 0.261 e. The second kappa shape index (κ2) is 6.96. The van der Waals surface area contributed by atoms with Crippen LogP contribution in [0.3, 0.4) is 0 Å². The molecule has 1 aliphatic heterocycles. The van der Waals surface area contributed by atoms with E-state index in [0.29, 0.717) is 33.4 Å². The summed E-state index contributed by atoms with van der Waals surface area (Å²) in [6.45, 7) is 0.263. The lowest BCUT2D eigenvalue weighted by atomic mass is 10.1. The van der Waals surface area contributed by atoms with Gasteiger partial charge in [0, 0.05) is 19.3 Å². The third kappa shape index (κ3) is 3.02. The highest BCUT2D eigenvalue weighted by Crippen LogP contribution is 2.26. The fourth-order valence-corrected chi connectivity index (χ4v) is 3.82. The minimum atomic E-state index is -0.365. The molecule has 27 heavy (non-hydrogen) atoms. The average Bonchev–Trinajstić information content (AvgIpc) is 3.15. The third-order valence-electron chi connectivity index (χ3n) is 4.37. The molecular weight excluding hydrogens is 367 g/mol. The molecule has 0 bridgehead atoms. The molecular formula is C19H15FN4O2S. The van der Waals surface area contributed by atoms with Crippen LogP contribution in [0.5, 0.6) is 0 Å². The molecule has 0 spiro atoms. The van der Waals surface area contributed by atoms with Gasteiger partial charge in [0.05, 0.1) is 16.7 Å². The summed E-state index contributed by atoms with van der Waals surface area (Å²) in [7, 11) is 1.76. The molecule has 2 heterocycles. The Morgan fingerprint density at radius 3 is 2.15 bits per heavy atom. The van der Waals surface area contributed by atoms with E-state index in [-0.39, 0.29) is 24.2 Å². The van der Waals surface area contributed by atoms with Gasteiger partial charge in [0.15, 0.2) is 11.0 Å². The van der Waals surface area contributed by atoms with Crippen LogP contribution in [0, 0.1) is 5.82 Å². The van der Waals surface area contributed by atoms with Crippen molar-refractivity contribution in [2.75, 3.05) is 12.3 Å². The molecule has 6 nitrogen and oxygen atoms in total. The molecule has 0 N–H and O–H groups in total. The zero-order chi connectivity index (χ0) is 19.0. The molecule has 0 saturated carbocycles. The van der Waals surface area contributed by atoms with Gasteiger partial charge in [-0.3, -0.25) is 14.5 Å². The van der Waals surface area contributed by atoms with E-state index in [2.05, 4.69) is 10.2 Å². The summed E-state index contributed by atoms with van der Waals surface area (Å²) >= 11 is 1.36. The maximum absolute atomic E-state index is 14.0. The van der Waals surface area contributed by atoms with Gasteiger partial charge in [0.2, 0.25) is 0 Å². The molecule has 0 fully saturated rings. The lowest BCUT2D eigenvalue weighted by Crippen LogP contribution is -2.31. The summed E-state index contributed by atoms with van der Waals surface area (Å²) in [6.07, 6.45) is 0. The fraction of sp³-hybridized carbons (Fsp3) is 0.158. The van der Waals surface area contributed by atoms with Crippen LogP contribution in [0.1, 0.15) is 20.7 Å². The maximum atomic E-state index is 14.0. The number of carbonyl (C=O) groups excluding carboxylic acids is 2. The van der Waals surface area contributed by atoms with Crippen molar-refractivity contribution < 1.29 is 14.0 Å². The number of imide groups is 1. The Bertz CT molecular complexity index is 1010. The zero-order valence-electron chi connectivity index (χ0n) is 14.4. The zero-order valence-corrected chi connectivity index (χ0v) is 15.2. The summed E-state index contributed by atoms with van der Waals surface area (Å²) in [5.41, 5.74) is 1.25. The van der Waals surface area contributed by atoms with E-state index < -0.39 is 0 Å². The molecule has 2 amide bonds. The van der Waals surface area contributed by atoms with E-state index in [4.69, 9.17) is 0 Å². The Labute approximate surface area is 159 Å². The normalized spacial score (nSPS) is 13.3. The molecule has 0 aliphatic carbocycles. The van der Waals surface area contributed by atoms with Crippen molar-refractivity contribution in [3.05, 3.63) is 65.5 Å². The Hall–Kier alpha value is -3.00. The molecule has 0 atom stereocenters. The van der Waals surface area contributed by atoms with Crippen molar-refractivity contribution in [3.8, 4) is 11.4 Å². The van der Waals surface area contributed by atoms with Crippen molar-refractivity contribution in [1.82, 2.24) is 19.7 Å². The van der Waals surface area contributed by atoms with E-state index in [9.17, 15) is 14.0 Å². The van der Waals surface area contributed by atoms with Crippen molar-refractivity contribution in [1.29, 1.82) is 0 Å². The first kappa shape index (κ1) is 17.4. The summed E-state index contributed by atoms with van der Waals surface area (Å²) < 4.78 is 15.7. The van der Waals surface area contributed by atoms with Gasteiger partial charge in [-0.25, -0.2) is 4.39 Å². The predicted molar refractivity (Wildman–Crippen MR) is 98.9 cm³/mol. The summed E-state index contributed by atoms with van der Waals surface area (Å²) in [5.74, 6) is -0.0244. The van der Waals surface area contributed by atoms with Crippen LogP contribution in [-0.4, -0.2) is 43.8 Å². The highest BCUT2D eigenvalue weighted by molar-refractivity contribution is 7.99. The second-order valence-corrected chi connectivity index (χ2v) is 7.06. The minimum Gasteiger partial charge on any atom is -0.305 e. The Balaban J connectivity index is 1.45. The number of fused-ring (bicyclic) bond motifs is 1. The van der Waals surface area contributed by atoms with Crippen molar-refractivity contribution >= 4 is 23.6 Å². The molecule has 136 valence electrons. The van der Waals surface area contributed by atoms with Crippen LogP contribution >= 0.6 is 11.8 Å². The highest BCUT2D eigenvalue weighted by atomic mass is 32.2. The van der Waals surface area contributed by atoms with Gasteiger partial charge >= 0.3 is 0 Å². The second-order valence-electron chi connectivity index (χ2n) is 6.00. The SMILES string of the molecule is Cn1c(SCCN2C(=O)c3ccccc3C2=O)nnc1-c1ccccc1F. The highest BCUT2D eigenvalue weighted by Gasteiger charge is 2.34. The number of thioether (sulfide) groups is 1. The number of hydrogen-bond acceptors (Lipinski definition) is 5. The Morgan fingerprint density at radius 1 is 0.926 bits per heavy atom. The van der Waals surface area contributed by atoms with Gasteiger partial charge in [-0.15, -0.1) is 10.2 Å². The first-order chi connectivity index (χ1) is 13.1. The number of aromatic nitrogens is 3. The molecule has 0 unspecified atom stereocenters. The molecule has 3 aromatic rings. The topological polar surface area (TPSA) is 68.1 Å². The molecule has 1 aliphatic rings. The van der Waals surface area contributed by atoms with E-state index >= 15 is 0 Å². The van der Waals surface area contributed by atoms with Crippen molar-refractivity contribution in [2.45, 2.75) is 5.16 Å². The molecule has 1 aromatic heterocycles. The van der Waals surface area contributed by atoms with Gasteiger partial charge in [0.25, 0.3) is 11.8 Å². The number of hydrogen-bond donors (Lipinski definition) is 0. The van der Waals surface area contributed by atoms with E-state index in [0.717, 1.165) is 0 Å². The quantitative estimate of drug-likeness (QED) is 0.501. The fourth-order valence-electron chi connectivity index (χ4n) is 2.99. The predicted octanol–water partition coefficient (Wildman–Crippen LogP) is 3.01. The van der Waals surface area contributed by atoms with Crippen LogP contribution in [0.2, 0.25) is 0 Å². The van der Waals surface area contributed by atoms with Crippen molar-refractivity contribution in [2.24, 2.45) is 7.05 Å². The average molecular weight is 382 g/mol. The van der Waals surface area contributed by atoms with Crippen molar-refractivity contribution in [3.63, 3.8) is 0 Å². The number of benzene rings is 2. The number of amides is 2. The van der Waals surface area contributed by atoms with Gasteiger partial charge in [-0.05, 0) is 24.3 Å². The first-order valence-corrected chi connectivity index (χ1v) is 9.29. The Kier molecular flexibility index (Phi) is 4.49. The standard InChI is InChI=1S/C19H15FN4O2S/c1-23-16(14-8-4-5-9-15(14)20)21-22-19(23)27-11-10-24-17(25)12-6-2-3-7-13(12)18(24)26/h2-9H,10-11H2,1H3. The lowest BCUT2D eigenvalue weighted by Gasteiger charge is -2.13. The van der Waals surface area contributed by atoms with Crippen LogP contribution < -0.4 is 0 Å². The molecule has 0 radical (unpaired) electrons. The maximum Gasteiger partial charge on any atom is 0.261 e. The van der Waals surface area contributed by atoms with Crippen LogP contribution in [0.25, 0.3) is 11.4 Å². The van der Waals surface area contributed by atoms with Crippen LogP contribution in [-0.2, 0) is 7.05 Å². The number of rotatable bonds is 5. The van der Waals surface area contributed by atoms with Gasteiger partial charge in [-0.2, -0.15) is 0 Å². The lowest BCUT2D eigenvalue weighted by molar-refractivity contribution is 0.0664. The van der Waals surface area contributed by atoms with Gasteiger partial charge < -0.3 is 4.57 Å². The van der Waals surface area contributed by atoms with Crippen LogP contribution in [0.4, 0.5) is 4.39 Å². The largest absolute Gasteiger partial charge is 0.305 e.